The van der Waals surface area contributed by atoms with Crippen LogP contribution >= 0.6 is 27.5 Å². The Balaban J connectivity index is 2.30. The number of hydrogen-bond donors (Lipinski definition) is 1. The number of rotatable bonds is 5. The highest BCUT2D eigenvalue weighted by Gasteiger charge is 2.23. The fourth-order valence-electron chi connectivity index (χ4n) is 1.91. The number of esters is 1. The number of hydrogen-bond acceptors (Lipinski definition) is 3. The fraction of sp³-hybridized carbons (Fsp3) is 0.188. The van der Waals surface area contributed by atoms with Crippen LogP contribution in [0, 0.1) is 0 Å². The Hall–Kier alpha value is -1.52. The van der Waals surface area contributed by atoms with Crippen LogP contribution < -0.4 is 5.32 Å². The van der Waals surface area contributed by atoms with Gasteiger partial charge in [-0.2, -0.15) is 0 Å². The molecule has 0 bridgehead atoms. The molecule has 2 rings (SSSR count). The van der Waals surface area contributed by atoms with Crippen molar-refractivity contribution in [2.45, 2.75) is 13.0 Å². The van der Waals surface area contributed by atoms with Gasteiger partial charge in [0.2, 0.25) is 0 Å². The Labute approximate surface area is 137 Å². The van der Waals surface area contributed by atoms with Crippen LogP contribution in [0.5, 0.6) is 0 Å². The number of benzene rings is 2. The lowest BCUT2D eigenvalue weighted by atomic mass is 10.1. The molecule has 0 saturated carbocycles. The van der Waals surface area contributed by atoms with Gasteiger partial charge in [0, 0.05) is 15.2 Å². The van der Waals surface area contributed by atoms with Gasteiger partial charge in [0.05, 0.1) is 6.61 Å². The molecule has 1 N–H and O–H groups in total. The molecule has 2 aromatic carbocycles. The lowest BCUT2D eigenvalue weighted by molar-refractivity contribution is -0.144. The van der Waals surface area contributed by atoms with Crippen LogP contribution in [0.1, 0.15) is 18.5 Å². The first-order chi connectivity index (χ1) is 10.1. The van der Waals surface area contributed by atoms with Crippen molar-refractivity contribution in [2.75, 3.05) is 11.9 Å². The SMILES string of the molecule is CCOC(=O)C(Nc1ccc(Cl)cc1)c1ccccc1Br. The molecular formula is C16H15BrClNO2. The smallest absolute Gasteiger partial charge is 0.333 e. The Morgan fingerprint density at radius 1 is 1.24 bits per heavy atom. The average Bonchev–Trinajstić information content (AvgIpc) is 2.48. The monoisotopic (exact) mass is 367 g/mol. The molecule has 110 valence electrons. The Morgan fingerprint density at radius 3 is 2.52 bits per heavy atom. The van der Waals surface area contributed by atoms with Crippen LogP contribution in [-0.2, 0) is 9.53 Å². The zero-order chi connectivity index (χ0) is 15.2. The summed E-state index contributed by atoms with van der Waals surface area (Å²) in [5, 5.41) is 3.83. The second-order valence-corrected chi connectivity index (χ2v) is 5.65. The van der Waals surface area contributed by atoms with Crippen molar-refractivity contribution >= 4 is 39.2 Å². The van der Waals surface area contributed by atoms with Crippen LogP contribution in [0.25, 0.3) is 0 Å². The molecule has 3 nitrogen and oxygen atoms in total. The van der Waals surface area contributed by atoms with E-state index in [1.54, 1.807) is 19.1 Å². The van der Waals surface area contributed by atoms with E-state index in [-0.39, 0.29) is 5.97 Å². The van der Waals surface area contributed by atoms with Crippen molar-refractivity contribution in [3.63, 3.8) is 0 Å². The van der Waals surface area contributed by atoms with Crippen molar-refractivity contribution < 1.29 is 9.53 Å². The van der Waals surface area contributed by atoms with Gasteiger partial charge in [0.1, 0.15) is 0 Å². The molecule has 0 spiro atoms. The Morgan fingerprint density at radius 2 is 1.90 bits per heavy atom. The van der Waals surface area contributed by atoms with E-state index >= 15 is 0 Å². The summed E-state index contributed by atoms with van der Waals surface area (Å²) in [6, 6.07) is 14.2. The number of nitrogens with one attached hydrogen (secondary N) is 1. The molecule has 1 unspecified atom stereocenters. The molecule has 0 saturated heterocycles. The highest BCUT2D eigenvalue weighted by atomic mass is 79.9. The lowest BCUT2D eigenvalue weighted by Gasteiger charge is -2.20. The van der Waals surface area contributed by atoms with Crippen molar-refractivity contribution in [2.24, 2.45) is 0 Å². The van der Waals surface area contributed by atoms with Gasteiger partial charge in [-0.1, -0.05) is 45.7 Å². The second-order valence-electron chi connectivity index (χ2n) is 4.36. The maximum Gasteiger partial charge on any atom is 0.333 e. The summed E-state index contributed by atoms with van der Waals surface area (Å²) in [6.07, 6.45) is 0. The molecular weight excluding hydrogens is 354 g/mol. The first kappa shape index (κ1) is 15.9. The van der Waals surface area contributed by atoms with E-state index in [1.165, 1.54) is 0 Å². The summed E-state index contributed by atoms with van der Waals surface area (Å²) < 4.78 is 6.01. The highest BCUT2D eigenvalue weighted by molar-refractivity contribution is 9.10. The third-order valence-corrected chi connectivity index (χ3v) is 3.87. The van der Waals surface area contributed by atoms with Crippen LogP contribution in [0.4, 0.5) is 5.69 Å². The quantitative estimate of drug-likeness (QED) is 0.769. The molecule has 0 heterocycles. The largest absolute Gasteiger partial charge is 0.464 e. The molecule has 0 amide bonds. The van der Waals surface area contributed by atoms with Crippen molar-refractivity contribution in [1.29, 1.82) is 0 Å². The van der Waals surface area contributed by atoms with Gasteiger partial charge in [-0.15, -0.1) is 0 Å². The molecule has 1 atom stereocenters. The molecule has 0 radical (unpaired) electrons. The number of anilines is 1. The number of ether oxygens (including phenoxy) is 1. The molecule has 0 aromatic heterocycles. The third-order valence-electron chi connectivity index (χ3n) is 2.89. The average molecular weight is 369 g/mol. The van der Waals surface area contributed by atoms with Gasteiger partial charge in [-0.3, -0.25) is 0 Å². The van der Waals surface area contributed by atoms with E-state index in [0.29, 0.717) is 11.6 Å². The summed E-state index contributed by atoms with van der Waals surface area (Å²) in [6.45, 7) is 2.12. The van der Waals surface area contributed by atoms with Crippen LogP contribution in [0.3, 0.4) is 0 Å². The lowest BCUT2D eigenvalue weighted by Crippen LogP contribution is -2.23. The summed E-state index contributed by atoms with van der Waals surface area (Å²) in [7, 11) is 0. The van der Waals surface area contributed by atoms with E-state index < -0.39 is 6.04 Å². The van der Waals surface area contributed by atoms with Crippen LogP contribution in [-0.4, -0.2) is 12.6 Å². The van der Waals surface area contributed by atoms with E-state index in [2.05, 4.69) is 21.2 Å². The van der Waals surface area contributed by atoms with E-state index in [9.17, 15) is 4.79 Å². The van der Waals surface area contributed by atoms with E-state index in [4.69, 9.17) is 16.3 Å². The molecule has 21 heavy (non-hydrogen) atoms. The Kier molecular flexibility index (Phi) is 5.65. The first-order valence-electron chi connectivity index (χ1n) is 6.55. The minimum atomic E-state index is -0.582. The highest BCUT2D eigenvalue weighted by Crippen LogP contribution is 2.28. The molecule has 0 fully saturated rings. The first-order valence-corrected chi connectivity index (χ1v) is 7.72. The topological polar surface area (TPSA) is 38.3 Å². The fourth-order valence-corrected chi connectivity index (χ4v) is 2.55. The van der Waals surface area contributed by atoms with E-state index in [1.807, 2.05) is 36.4 Å². The number of carbonyl (C=O) groups excluding carboxylic acids is 1. The van der Waals surface area contributed by atoms with Gasteiger partial charge in [-0.25, -0.2) is 4.79 Å². The predicted octanol–water partition coefficient (Wildman–Crippen LogP) is 4.82. The molecule has 0 aliphatic heterocycles. The number of carbonyl (C=O) groups is 1. The third kappa shape index (κ3) is 4.22. The van der Waals surface area contributed by atoms with E-state index in [0.717, 1.165) is 15.7 Å². The normalized spacial score (nSPS) is 11.8. The number of halogens is 2. The summed E-state index contributed by atoms with van der Waals surface area (Å²) in [5.74, 6) is -0.320. The minimum Gasteiger partial charge on any atom is -0.464 e. The van der Waals surface area contributed by atoms with Gasteiger partial charge < -0.3 is 10.1 Å². The molecule has 2 aromatic rings. The maximum atomic E-state index is 12.2. The van der Waals surface area contributed by atoms with Crippen molar-refractivity contribution in [3.8, 4) is 0 Å². The summed E-state index contributed by atoms with van der Waals surface area (Å²) in [5.41, 5.74) is 1.62. The van der Waals surface area contributed by atoms with Crippen LogP contribution in [0.2, 0.25) is 5.02 Å². The predicted molar refractivity (Wildman–Crippen MR) is 88.6 cm³/mol. The summed E-state index contributed by atoms with van der Waals surface area (Å²) in [4.78, 5) is 12.2. The van der Waals surface area contributed by atoms with Crippen molar-refractivity contribution in [1.82, 2.24) is 0 Å². The van der Waals surface area contributed by atoms with Gasteiger partial charge >= 0.3 is 5.97 Å². The summed E-state index contributed by atoms with van der Waals surface area (Å²) >= 11 is 9.35. The zero-order valence-electron chi connectivity index (χ0n) is 11.5. The second kappa shape index (κ2) is 7.48. The molecule has 0 aliphatic carbocycles. The minimum absolute atomic E-state index is 0.320. The van der Waals surface area contributed by atoms with Gasteiger partial charge in [0.25, 0.3) is 0 Å². The Bertz CT molecular complexity index is 616. The zero-order valence-corrected chi connectivity index (χ0v) is 13.8. The standard InChI is InChI=1S/C16H15BrClNO2/c1-2-21-16(20)15(13-5-3-4-6-14(13)17)19-12-9-7-11(18)8-10-12/h3-10,15,19H,2H2,1H3. The maximum absolute atomic E-state index is 12.2. The van der Waals surface area contributed by atoms with Crippen molar-refractivity contribution in [3.05, 3.63) is 63.6 Å². The van der Waals surface area contributed by atoms with Crippen LogP contribution in [0.15, 0.2) is 53.0 Å². The van der Waals surface area contributed by atoms with Gasteiger partial charge in [-0.05, 0) is 42.8 Å². The van der Waals surface area contributed by atoms with Gasteiger partial charge in [0.15, 0.2) is 6.04 Å². The molecule has 5 heteroatoms. The molecule has 0 aliphatic rings.